The average molecular weight is 402 g/mol. The summed E-state index contributed by atoms with van der Waals surface area (Å²) in [6.45, 7) is 6.02. The highest BCUT2D eigenvalue weighted by Crippen LogP contribution is 2.18. The molecule has 154 valence electrons. The van der Waals surface area contributed by atoms with E-state index in [1.165, 1.54) is 0 Å². The van der Waals surface area contributed by atoms with Crippen molar-refractivity contribution in [3.05, 3.63) is 83.6 Å². The summed E-state index contributed by atoms with van der Waals surface area (Å²) in [5.41, 5.74) is 4.73. The van der Waals surface area contributed by atoms with Gasteiger partial charge in [-0.25, -0.2) is 4.79 Å². The number of aryl methyl sites for hydroxylation is 1. The molecule has 0 aliphatic carbocycles. The molecule has 30 heavy (non-hydrogen) atoms. The standard InChI is InChI=1S/C24H26N4O2/c1-16(2)26-24(30)28-20-11-9-18(10-12-20)15-25-23(29)21-13-14-22(27-17(21)3)19-7-5-4-6-8-19/h4-14,16H,15H2,1-3H3,(H,25,29)(H2,26,28,30). The smallest absolute Gasteiger partial charge is 0.319 e. The summed E-state index contributed by atoms with van der Waals surface area (Å²) >= 11 is 0. The number of hydrogen-bond donors (Lipinski definition) is 3. The molecule has 0 saturated carbocycles. The van der Waals surface area contributed by atoms with Crippen molar-refractivity contribution in [2.45, 2.75) is 33.4 Å². The molecule has 3 N–H and O–H groups in total. The highest BCUT2D eigenvalue weighted by atomic mass is 16.2. The Balaban J connectivity index is 1.58. The quantitative estimate of drug-likeness (QED) is 0.567. The van der Waals surface area contributed by atoms with Crippen molar-refractivity contribution in [3.8, 4) is 11.3 Å². The molecule has 0 bridgehead atoms. The molecule has 0 spiro atoms. The van der Waals surface area contributed by atoms with Gasteiger partial charge in [0, 0.05) is 23.8 Å². The number of benzene rings is 2. The van der Waals surface area contributed by atoms with Gasteiger partial charge in [0.1, 0.15) is 0 Å². The summed E-state index contributed by atoms with van der Waals surface area (Å²) < 4.78 is 0. The second-order valence-electron chi connectivity index (χ2n) is 7.33. The zero-order chi connectivity index (χ0) is 21.5. The fourth-order valence-electron chi connectivity index (χ4n) is 2.98. The normalized spacial score (nSPS) is 10.5. The minimum Gasteiger partial charge on any atom is -0.348 e. The van der Waals surface area contributed by atoms with Gasteiger partial charge < -0.3 is 16.0 Å². The van der Waals surface area contributed by atoms with Gasteiger partial charge in [-0.3, -0.25) is 9.78 Å². The molecule has 1 heterocycles. The first-order valence-electron chi connectivity index (χ1n) is 9.90. The van der Waals surface area contributed by atoms with Crippen LogP contribution in [0.25, 0.3) is 11.3 Å². The number of nitrogens with zero attached hydrogens (tertiary/aromatic N) is 1. The van der Waals surface area contributed by atoms with E-state index in [0.29, 0.717) is 23.5 Å². The lowest BCUT2D eigenvalue weighted by Crippen LogP contribution is -2.34. The van der Waals surface area contributed by atoms with Gasteiger partial charge in [0.2, 0.25) is 0 Å². The third kappa shape index (κ3) is 5.67. The fraction of sp³-hybridized carbons (Fsp3) is 0.208. The van der Waals surface area contributed by atoms with E-state index in [2.05, 4.69) is 20.9 Å². The van der Waals surface area contributed by atoms with Crippen LogP contribution in [0.1, 0.15) is 35.5 Å². The number of aromatic nitrogens is 1. The molecular weight excluding hydrogens is 376 g/mol. The van der Waals surface area contributed by atoms with Crippen molar-refractivity contribution in [2.24, 2.45) is 0 Å². The zero-order valence-electron chi connectivity index (χ0n) is 17.4. The van der Waals surface area contributed by atoms with E-state index in [1.54, 1.807) is 6.07 Å². The van der Waals surface area contributed by atoms with Gasteiger partial charge in [-0.2, -0.15) is 0 Å². The van der Waals surface area contributed by atoms with Gasteiger partial charge in [0.25, 0.3) is 5.91 Å². The van der Waals surface area contributed by atoms with Crippen LogP contribution in [-0.4, -0.2) is 23.0 Å². The number of rotatable bonds is 6. The summed E-state index contributed by atoms with van der Waals surface area (Å²) in [5, 5.41) is 8.47. The summed E-state index contributed by atoms with van der Waals surface area (Å²) in [7, 11) is 0. The summed E-state index contributed by atoms with van der Waals surface area (Å²) in [5.74, 6) is -0.168. The average Bonchev–Trinajstić information content (AvgIpc) is 2.73. The molecule has 2 aromatic carbocycles. The first-order chi connectivity index (χ1) is 14.4. The molecule has 0 aliphatic rings. The van der Waals surface area contributed by atoms with Crippen LogP contribution in [0.5, 0.6) is 0 Å². The van der Waals surface area contributed by atoms with Crippen LogP contribution in [-0.2, 0) is 6.54 Å². The summed E-state index contributed by atoms with van der Waals surface area (Å²) in [4.78, 5) is 28.9. The Morgan fingerprint density at radius 3 is 2.27 bits per heavy atom. The van der Waals surface area contributed by atoms with E-state index in [1.807, 2.05) is 81.4 Å². The number of carbonyl (C=O) groups is 2. The van der Waals surface area contributed by atoms with Crippen LogP contribution in [0, 0.1) is 6.92 Å². The highest BCUT2D eigenvalue weighted by molar-refractivity contribution is 5.95. The molecule has 3 amide bonds. The molecule has 3 rings (SSSR count). The number of amides is 3. The number of nitrogens with one attached hydrogen (secondary N) is 3. The van der Waals surface area contributed by atoms with Gasteiger partial charge in [0.05, 0.1) is 17.0 Å². The minimum atomic E-state index is -0.243. The van der Waals surface area contributed by atoms with Crippen molar-refractivity contribution >= 4 is 17.6 Å². The first-order valence-corrected chi connectivity index (χ1v) is 9.90. The Labute approximate surface area is 176 Å². The van der Waals surface area contributed by atoms with E-state index in [9.17, 15) is 9.59 Å². The van der Waals surface area contributed by atoms with E-state index in [-0.39, 0.29) is 18.0 Å². The predicted octanol–water partition coefficient (Wildman–Crippen LogP) is 4.52. The van der Waals surface area contributed by atoms with Gasteiger partial charge in [0.15, 0.2) is 0 Å². The van der Waals surface area contributed by atoms with Crippen LogP contribution in [0.4, 0.5) is 10.5 Å². The molecule has 6 heteroatoms. The Morgan fingerprint density at radius 1 is 0.933 bits per heavy atom. The number of urea groups is 1. The van der Waals surface area contributed by atoms with E-state index in [0.717, 1.165) is 16.8 Å². The van der Waals surface area contributed by atoms with Gasteiger partial charge in [-0.15, -0.1) is 0 Å². The van der Waals surface area contributed by atoms with E-state index < -0.39 is 0 Å². The van der Waals surface area contributed by atoms with Crippen LogP contribution < -0.4 is 16.0 Å². The van der Waals surface area contributed by atoms with Crippen molar-refractivity contribution < 1.29 is 9.59 Å². The van der Waals surface area contributed by atoms with Crippen LogP contribution in [0.2, 0.25) is 0 Å². The van der Waals surface area contributed by atoms with E-state index in [4.69, 9.17) is 0 Å². The predicted molar refractivity (Wildman–Crippen MR) is 119 cm³/mol. The number of pyridine rings is 1. The number of anilines is 1. The van der Waals surface area contributed by atoms with Crippen molar-refractivity contribution in [2.75, 3.05) is 5.32 Å². The maximum Gasteiger partial charge on any atom is 0.319 e. The Hall–Kier alpha value is -3.67. The second kappa shape index (κ2) is 9.69. The fourth-order valence-corrected chi connectivity index (χ4v) is 2.98. The molecule has 1 aromatic heterocycles. The summed E-state index contributed by atoms with van der Waals surface area (Å²) in [6.07, 6.45) is 0. The lowest BCUT2D eigenvalue weighted by Gasteiger charge is -2.11. The van der Waals surface area contributed by atoms with Gasteiger partial charge in [-0.05, 0) is 50.6 Å². The highest BCUT2D eigenvalue weighted by Gasteiger charge is 2.11. The molecule has 0 fully saturated rings. The van der Waals surface area contributed by atoms with Crippen molar-refractivity contribution in [3.63, 3.8) is 0 Å². The molecule has 0 atom stereocenters. The van der Waals surface area contributed by atoms with Gasteiger partial charge >= 0.3 is 6.03 Å². The SMILES string of the molecule is Cc1nc(-c2ccccc2)ccc1C(=O)NCc1ccc(NC(=O)NC(C)C)cc1. The monoisotopic (exact) mass is 402 g/mol. The second-order valence-corrected chi connectivity index (χ2v) is 7.33. The molecule has 6 nitrogen and oxygen atoms in total. The van der Waals surface area contributed by atoms with E-state index >= 15 is 0 Å². The lowest BCUT2D eigenvalue weighted by molar-refractivity contribution is 0.0950. The van der Waals surface area contributed by atoms with Crippen LogP contribution >= 0.6 is 0 Å². The number of carbonyl (C=O) groups excluding carboxylic acids is 2. The number of hydrogen-bond acceptors (Lipinski definition) is 3. The maximum atomic E-state index is 12.6. The molecule has 3 aromatic rings. The molecule has 0 unspecified atom stereocenters. The van der Waals surface area contributed by atoms with Crippen LogP contribution in [0.15, 0.2) is 66.7 Å². The zero-order valence-corrected chi connectivity index (χ0v) is 17.4. The lowest BCUT2D eigenvalue weighted by atomic mass is 10.1. The Morgan fingerprint density at radius 2 is 1.63 bits per heavy atom. The van der Waals surface area contributed by atoms with Crippen molar-refractivity contribution in [1.82, 2.24) is 15.6 Å². The molecular formula is C24H26N4O2. The van der Waals surface area contributed by atoms with Crippen molar-refractivity contribution in [1.29, 1.82) is 0 Å². The third-order valence-electron chi connectivity index (χ3n) is 4.48. The van der Waals surface area contributed by atoms with Gasteiger partial charge in [-0.1, -0.05) is 42.5 Å². The topological polar surface area (TPSA) is 83.1 Å². The minimum absolute atomic E-state index is 0.0687. The first kappa shape index (κ1) is 21.0. The molecule has 0 radical (unpaired) electrons. The third-order valence-corrected chi connectivity index (χ3v) is 4.48. The Bertz CT molecular complexity index is 1020. The summed E-state index contributed by atoms with van der Waals surface area (Å²) in [6, 6.07) is 20.7. The maximum absolute atomic E-state index is 12.6. The molecule has 0 aliphatic heterocycles. The molecule has 0 saturated heterocycles. The Kier molecular flexibility index (Phi) is 6.80. The largest absolute Gasteiger partial charge is 0.348 e. The van der Waals surface area contributed by atoms with Crippen LogP contribution in [0.3, 0.4) is 0 Å².